The molecule has 0 N–H and O–H groups in total. The summed E-state index contributed by atoms with van der Waals surface area (Å²) in [5.41, 5.74) is 0. The maximum atomic E-state index is 12.4. The first-order chi connectivity index (χ1) is 10.4. The first kappa shape index (κ1) is 15.3. The minimum Gasteiger partial charge on any atom is -0.462 e. The van der Waals surface area contributed by atoms with Crippen molar-refractivity contribution in [2.24, 2.45) is 5.92 Å². The standard InChI is InChI=1S/C16H21NO4S/c1-12-5-6-14(21-12)7-8-16(18)17-9-10-22(19,20)11-15(17)13-3-2-4-13/h5-8,13,15H,2-4,9-11H2,1H3. The number of amides is 1. The molecule has 1 atom stereocenters. The van der Waals surface area contributed by atoms with E-state index in [9.17, 15) is 13.2 Å². The monoisotopic (exact) mass is 323 g/mol. The van der Waals surface area contributed by atoms with E-state index in [0.717, 1.165) is 25.0 Å². The van der Waals surface area contributed by atoms with E-state index in [-0.39, 0.29) is 23.5 Å². The van der Waals surface area contributed by atoms with Crippen molar-refractivity contribution in [3.05, 3.63) is 29.7 Å². The Morgan fingerprint density at radius 1 is 1.36 bits per heavy atom. The molecule has 0 radical (unpaired) electrons. The Morgan fingerprint density at radius 2 is 2.14 bits per heavy atom. The van der Waals surface area contributed by atoms with Gasteiger partial charge in [-0.05, 0) is 43.9 Å². The molecule has 120 valence electrons. The second-order valence-corrected chi connectivity index (χ2v) is 8.41. The Bertz CT molecular complexity index is 685. The number of hydrogen-bond acceptors (Lipinski definition) is 4. The molecule has 1 unspecified atom stereocenters. The van der Waals surface area contributed by atoms with E-state index in [1.54, 1.807) is 11.0 Å². The van der Waals surface area contributed by atoms with Gasteiger partial charge in [-0.3, -0.25) is 4.79 Å². The van der Waals surface area contributed by atoms with Crippen LogP contribution in [0.15, 0.2) is 22.6 Å². The van der Waals surface area contributed by atoms with Crippen LogP contribution in [0.2, 0.25) is 0 Å². The smallest absolute Gasteiger partial charge is 0.247 e. The summed E-state index contributed by atoms with van der Waals surface area (Å²) in [4.78, 5) is 14.2. The highest BCUT2D eigenvalue weighted by Gasteiger charge is 2.40. The molecule has 0 aromatic carbocycles. The minimum atomic E-state index is -3.02. The molecule has 2 aliphatic rings. The average molecular weight is 323 g/mol. The predicted molar refractivity (Wildman–Crippen MR) is 84.0 cm³/mol. The van der Waals surface area contributed by atoms with Crippen LogP contribution in [0.25, 0.3) is 6.08 Å². The van der Waals surface area contributed by atoms with Crippen LogP contribution in [0, 0.1) is 12.8 Å². The zero-order valence-corrected chi connectivity index (χ0v) is 13.5. The van der Waals surface area contributed by atoms with Crippen LogP contribution in [-0.4, -0.2) is 43.3 Å². The van der Waals surface area contributed by atoms with Crippen LogP contribution in [0.4, 0.5) is 0 Å². The zero-order chi connectivity index (χ0) is 15.7. The number of carbonyl (C=O) groups is 1. The summed E-state index contributed by atoms with van der Waals surface area (Å²) in [7, 11) is -3.02. The lowest BCUT2D eigenvalue weighted by atomic mass is 9.79. The van der Waals surface area contributed by atoms with E-state index in [2.05, 4.69) is 0 Å². The van der Waals surface area contributed by atoms with Gasteiger partial charge in [0.05, 0.1) is 11.5 Å². The fraction of sp³-hybridized carbons (Fsp3) is 0.562. The van der Waals surface area contributed by atoms with Gasteiger partial charge in [0.15, 0.2) is 9.84 Å². The molecule has 1 aromatic rings. The highest BCUT2D eigenvalue weighted by atomic mass is 32.2. The molecule has 1 saturated carbocycles. The van der Waals surface area contributed by atoms with E-state index in [1.807, 2.05) is 19.1 Å². The van der Waals surface area contributed by atoms with Crippen molar-refractivity contribution in [3.8, 4) is 0 Å². The van der Waals surface area contributed by atoms with E-state index < -0.39 is 9.84 Å². The van der Waals surface area contributed by atoms with Gasteiger partial charge >= 0.3 is 0 Å². The molecule has 1 aliphatic heterocycles. The lowest BCUT2D eigenvalue weighted by Crippen LogP contribution is -2.55. The van der Waals surface area contributed by atoms with Gasteiger partial charge in [-0.1, -0.05) is 6.42 Å². The summed E-state index contributed by atoms with van der Waals surface area (Å²) >= 11 is 0. The fourth-order valence-corrected chi connectivity index (χ4v) is 4.73. The Labute approximate surface area is 130 Å². The summed E-state index contributed by atoms with van der Waals surface area (Å²) in [6.45, 7) is 2.14. The lowest BCUT2D eigenvalue weighted by molar-refractivity contribution is -0.129. The second kappa shape index (κ2) is 5.91. The van der Waals surface area contributed by atoms with Gasteiger partial charge in [0.2, 0.25) is 5.91 Å². The highest BCUT2D eigenvalue weighted by molar-refractivity contribution is 7.91. The molecule has 1 saturated heterocycles. The average Bonchev–Trinajstić information content (AvgIpc) is 2.79. The summed E-state index contributed by atoms with van der Waals surface area (Å²) in [5, 5.41) is 0. The Hall–Kier alpha value is -1.56. The third-order valence-corrected chi connectivity index (χ3v) is 6.25. The number of carbonyl (C=O) groups excluding carboxylic acids is 1. The van der Waals surface area contributed by atoms with Crippen LogP contribution in [0.5, 0.6) is 0 Å². The number of rotatable bonds is 3. The van der Waals surface area contributed by atoms with Crippen molar-refractivity contribution in [3.63, 3.8) is 0 Å². The fourth-order valence-electron chi connectivity index (χ4n) is 3.12. The quantitative estimate of drug-likeness (QED) is 0.798. The van der Waals surface area contributed by atoms with Crippen molar-refractivity contribution in [2.75, 3.05) is 18.1 Å². The third kappa shape index (κ3) is 3.27. The van der Waals surface area contributed by atoms with Crippen molar-refractivity contribution in [1.82, 2.24) is 4.90 Å². The molecule has 6 heteroatoms. The van der Waals surface area contributed by atoms with Gasteiger partial charge in [0.25, 0.3) is 0 Å². The van der Waals surface area contributed by atoms with Crippen molar-refractivity contribution in [2.45, 2.75) is 32.2 Å². The first-order valence-corrected chi connectivity index (χ1v) is 9.52. The van der Waals surface area contributed by atoms with Crippen molar-refractivity contribution >= 4 is 21.8 Å². The zero-order valence-electron chi connectivity index (χ0n) is 12.7. The topological polar surface area (TPSA) is 67.6 Å². The molecule has 1 amide bonds. The molecule has 0 bridgehead atoms. The molecular formula is C16H21NO4S. The highest BCUT2D eigenvalue weighted by Crippen LogP contribution is 2.34. The van der Waals surface area contributed by atoms with Gasteiger partial charge in [-0.15, -0.1) is 0 Å². The number of hydrogen-bond donors (Lipinski definition) is 0. The van der Waals surface area contributed by atoms with Gasteiger partial charge in [0, 0.05) is 18.7 Å². The lowest BCUT2D eigenvalue weighted by Gasteiger charge is -2.43. The van der Waals surface area contributed by atoms with Crippen LogP contribution in [-0.2, 0) is 14.6 Å². The number of furan rings is 1. The van der Waals surface area contributed by atoms with Crippen LogP contribution >= 0.6 is 0 Å². The molecule has 1 aliphatic carbocycles. The van der Waals surface area contributed by atoms with Gasteiger partial charge in [0.1, 0.15) is 11.5 Å². The third-order valence-electron chi connectivity index (χ3n) is 4.60. The SMILES string of the molecule is Cc1ccc(C=CC(=O)N2CCS(=O)(=O)CC2C2CCC2)o1. The molecular weight excluding hydrogens is 302 g/mol. The molecule has 0 spiro atoms. The van der Waals surface area contributed by atoms with E-state index >= 15 is 0 Å². The van der Waals surface area contributed by atoms with E-state index in [0.29, 0.717) is 18.2 Å². The first-order valence-electron chi connectivity index (χ1n) is 7.70. The second-order valence-electron chi connectivity index (χ2n) is 6.19. The van der Waals surface area contributed by atoms with E-state index in [1.165, 1.54) is 6.08 Å². The van der Waals surface area contributed by atoms with Crippen LogP contribution < -0.4 is 0 Å². The van der Waals surface area contributed by atoms with Crippen molar-refractivity contribution in [1.29, 1.82) is 0 Å². The van der Waals surface area contributed by atoms with Gasteiger partial charge < -0.3 is 9.32 Å². The summed E-state index contributed by atoms with van der Waals surface area (Å²) < 4.78 is 29.2. The Morgan fingerprint density at radius 3 is 2.73 bits per heavy atom. The maximum Gasteiger partial charge on any atom is 0.247 e. The number of aryl methyl sites for hydroxylation is 1. The number of sulfone groups is 1. The van der Waals surface area contributed by atoms with Crippen molar-refractivity contribution < 1.29 is 17.6 Å². The summed E-state index contributed by atoms with van der Waals surface area (Å²) in [5.74, 6) is 1.81. The summed E-state index contributed by atoms with van der Waals surface area (Å²) in [6, 6.07) is 3.49. The van der Waals surface area contributed by atoms with E-state index in [4.69, 9.17) is 4.42 Å². The molecule has 1 aromatic heterocycles. The Balaban J connectivity index is 1.73. The number of nitrogens with zero attached hydrogens (tertiary/aromatic N) is 1. The Kier molecular flexibility index (Phi) is 4.12. The predicted octanol–water partition coefficient (Wildman–Crippen LogP) is 2.03. The molecule has 5 nitrogen and oxygen atoms in total. The minimum absolute atomic E-state index is 0.0651. The van der Waals surface area contributed by atoms with Gasteiger partial charge in [-0.25, -0.2) is 8.42 Å². The van der Waals surface area contributed by atoms with Gasteiger partial charge in [-0.2, -0.15) is 0 Å². The van der Waals surface area contributed by atoms with Crippen LogP contribution in [0.3, 0.4) is 0 Å². The molecule has 2 heterocycles. The molecule has 3 rings (SSSR count). The normalized spacial score (nSPS) is 25.3. The maximum absolute atomic E-state index is 12.4. The molecule has 22 heavy (non-hydrogen) atoms. The van der Waals surface area contributed by atoms with Crippen LogP contribution in [0.1, 0.15) is 30.8 Å². The summed E-state index contributed by atoms with van der Waals surface area (Å²) in [6.07, 6.45) is 6.30. The molecule has 2 fully saturated rings. The largest absolute Gasteiger partial charge is 0.462 e.